The van der Waals surface area contributed by atoms with Crippen LogP contribution in [0.2, 0.25) is 0 Å². The van der Waals surface area contributed by atoms with Crippen molar-refractivity contribution in [1.29, 1.82) is 0 Å². The Hall–Kier alpha value is -1.30. The van der Waals surface area contributed by atoms with Crippen molar-refractivity contribution in [2.75, 3.05) is 32.5 Å². The molecule has 0 saturated heterocycles. The molecule has 0 fully saturated rings. The predicted octanol–water partition coefficient (Wildman–Crippen LogP) is 2.82. The first kappa shape index (κ1) is 13.8. The van der Waals surface area contributed by atoms with Crippen LogP contribution < -0.4 is 5.32 Å². The number of hydrogen-bond donors (Lipinski definition) is 1. The average Bonchev–Trinajstić information content (AvgIpc) is 2.18. The Morgan fingerprint density at radius 2 is 1.88 bits per heavy atom. The molecule has 1 aromatic carbocycles. The lowest BCUT2D eigenvalue weighted by atomic mass is 10.1. The molecule has 0 radical (unpaired) electrons. The van der Waals surface area contributed by atoms with Gasteiger partial charge in [0.15, 0.2) is 0 Å². The first-order valence-electron chi connectivity index (χ1n) is 5.06. The Kier molecular flexibility index (Phi) is 4.34. The summed E-state index contributed by atoms with van der Waals surface area (Å²) in [6, 6.07) is 2.61. The zero-order valence-corrected chi connectivity index (χ0v) is 9.61. The molecule has 0 bridgehead atoms. The van der Waals surface area contributed by atoms with E-state index in [-0.39, 0.29) is 5.69 Å². The number of hydrogen-bond acceptors (Lipinski definition) is 2. The minimum absolute atomic E-state index is 0.0965. The van der Waals surface area contributed by atoms with E-state index in [1.807, 2.05) is 19.0 Å². The van der Waals surface area contributed by atoms with Crippen LogP contribution in [0.5, 0.6) is 0 Å². The van der Waals surface area contributed by atoms with E-state index in [1.165, 1.54) is 0 Å². The molecule has 1 rings (SSSR count). The number of anilines is 1. The molecule has 0 aliphatic rings. The van der Waals surface area contributed by atoms with Crippen LogP contribution >= 0.6 is 0 Å². The molecule has 1 N–H and O–H groups in total. The molecule has 0 heterocycles. The second-order valence-corrected chi connectivity index (χ2v) is 3.92. The van der Waals surface area contributed by atoms with E-state index < -0.39 is 17.6 Å². The SMILES string of the molecule is CN(C)CCNc1ccc(F)cc1C(F)(F)F. The van der Waals surface area contributed by atoms with Gasteiger partial charge in [0.05, 0.1) is 5.56 Å². The smallest absolute Gasteiger partial charge is 0.383 e. The third kappa shape index (κ3) is 4.22. The van der Waals surface area contributed by atoms with Gasteiger partial charge in [-0.1, -0.05) is 0 Å². The lowest BCUT2D eigenvalue weighted by Crippen LogP contribution is -2.22. The summed E-state index contributed by atoms with van der Waals surface area (Å²) < 4.78 is 50.6. The van der Waals surface area contributed by atoms with E-state index in [0.717, 1.165) is 12.1 Å². The van der Waals surface area contributed by atoms with Crippen molar-refractivity contribution >= 4 is 5.69 Å². The first-order chi connectivity index (χ1) is 7.80. The molecule has 0 saturated carbocycles. The van der Waals surface area contributed by atoms with Crippen molar-refractivity contribution < 1.29 is 17.6 Å². The van der Waals surface area contributed by atoms with Crippen LogP contribution in [0.15, 0.2) is 18.2 Å². The Morgan fingerprint density at radius 3 is 2.41 bits per heavy atom. The third-order valence-corrected chi connectivity index (χ3v) is 2.16. The minimum Gasteiger partial charge on any atom is -0.383 e. The molecule has 0 aromatic heterocycles. The van der Waals surface area contributed by atoms with E-state index >= 15 is 0 Å². The van der Waals surface area contributed by atoms with Gasteiger partial charge in [-0.2, -0.15) is 13.2 Å². The van der Waals surface area contributed by atoms with Gasteiger partial charge in [0.1, 0.15) is 5.82 Å². The maximum atomic E-state index is 12.8. The van der Waals surface area contributed by atoms with Crippen LogP contribution in [0.4, 0.5) is 23.2 Å². The number of nitrogens with zero attached hydrogens (tertiary/aromatic N) is 1. The molecule has 0 atom stereocenters. The van der Waals surface area contributed by atoms with Crippen molar-refractivity contribution in [2.45, 2.75) is 6.18 Å². The third-order valence-electron chi connectivity index (χ3n) is 2.16. The molecule has 96 valence electrons. The predicted molar refractivity (Wildman–Crippen MR) is 58.4 cm³/mol. The minimum atomic E-state index is -4.55. The van der Waals surface area contributed by atoms with Crippen molar-refractivity contribution in [1.82, 2.24) is 4.90 Å². The summed E-state index contributed by atoms with van der Waals surface area (Å²) >= 11 is 0. The Labute approximate surface area is 97.2 Å². The molecule has 0 spiro atoms. The summed E-state index contributed by atoms with van der Waals surface area (Å²) in [6.45, 7) is 0.955. The summed E-state index contributed by atoms with van der Waals surface area (Å²) in [6.07, 6.45) is -4.55. The van der Waals surface area contributed by atoms with E-state index in [2.05, 4.69) is 5.32 Å². The van der Waals surface area contributed by atoms with Gasteiger partial charge in [-0.05, 0) is 32.3 Å². The van der Waals surface area contributed by atoms with Crippen LogP contribution in [-0.2, 0) is 6.18 Å². The lowest BCUT2D eigenvalue weighted by molar-refractivity contribution is -0.137. The molecule has 1 aromatic rings. The summed E-state index contributed by atoms with van der Waals surface area (Å²) in [7, 11) is 3.63. The van der Waals surface area contributed by atoms with Gasteiger partial charge in [-0.25, -0.2) is 4.39 Å². The number of nitrogens with one attached hydrogen (secondary N) is 1. The number of halogens is 4. The average molecular weight is 250 g/mol. The standard InChI is InChI=1S/C11H14F4N2/c1-17(2)6-5-16-10-4-3-8(12)7-9(10)11(13,14)15/h3-4,7,16H,5-6H2,1-2H3. The van der Waals surface area contributed by atoms with Gasteiger partial charge in [-0.3, -0.25) is 0 Å². The van der Waals surface area contributed by atoms with Gasteiger partial charge in [-0.15, -0.1) is 0 Å². The first-order valence-corrected chi connectivity index (χ1v) is 5.06. The highest BCUT2D eigenvalue weighted by atomic mass is 19.4. The molecule has 0 unspecified atom stereocenters. The van der Waals surface area contributed by atoms with Crippen LogP contribution in [0.25, 0.3) is 0 Å². The molecular formula is C11H14F4N2. The fraction of sp³-hybridized carbons (Fsp3) is 0.455. The van der Waals surface area contributed by atoms with Gasteiger partial charge in [0.25, 0.3) is 0 Å². The maximum absolute atomic E-state index is 12.8. The fourth-order valence-electron chi connectivity index (χ4n) is 1.32. The van der Waals surface area contributed by atoms with E-state index in [1.54, 1.807) is 0 Å². The largest absolute Gasteiger partial charge is 0.418 e. The molecule has 0 aliphatic heterocycles. The highest BCUT2D eigenvalue weighted by Crippen LogP contribution is 2.35. The Balaban J connectivity index is 2.84. The van der Waals surface area contributed by atoms with Gasteiger partial charge >= 0.3 is 6.18 Å². The van der Waals surface area contributed by atoms with Crippen LogP contribution in [0.1, 0.15) is 5.56 Å². The molecule has 0 amide bonds. The van der Waals surface area contributed by atoms with Gasteiger partial charge in [0.2, 0.25) is 0 Å². The van der Waals surface area contributed by atoms with Crippen molar-refractivity contribution in [2.24, 2.45) is 0 Å². The number of benzene rings is 1. The fourth-order valence-corrected chi connectivity index (χ4v) is 1.32. The second kappa shape index (κ2) is 5.35. The Morgan fingerprint density at radius 1 is 1.24 bits per heavy atom. The quantitative estimate of drug-likeness (QED) is 0.827. The summed E-state index contributed by atoms with van der Waals surface area (Å²) in [5.74, 6) is -0.893. The maximum Gasteiger partial charge on any atom is 0.418 e. The highest BCUT2D eigenvalue weighted by Gasteiger charge is 2.33. The van der Waals surface area contributed by atoms with E-state index in [0.29, 0.717) is 19.2 Å². The summed E-state index contributed by atoms with van der Waals surface area (Å²) in [5, 5.41) is 2.65. The summed E-state index contributed by atoms with van der Waals surface area (Å²) in [5.41, 5.74) is -1.07. The van der Waals surface area contributed by atoms with Crippen LogP contribution in [0.3, 0.4) is 0 Å². The zero-order chi connectivity index (χ0) is 13.1. The topological polar surface area (TPSA) is 15.3 Å². The van der Waals surface area contributed by atoms with Crippen LogP contribution in [0, 0.1) is 5.82 Å². The molecule has 6 heteroatoms. The molecular weight excluding hydrogens is 236 g/mol. The molecule has 2 nitrogen and oxygen atoms in total. The summed E-state index contributed by atoms with van der Waals surface area (Å²) in [4.78, 5) is 1.84. The highest BCUT2D eigenvalue weighted by molar-refractivity contribution is 5.52. The van der Waals surface area contributed by atoms with Crippen molar-refractivity contribution in [3.05, 3.63) is 29.6 Å². The normalized spacial score (nSPS) is 11.9. The lowest BCUT2D eigenvalue weighted by Gasteiger charge is -2.16. The molecule has 17 heavy (non-hydrogen) atoms. The van der Waals surface area contributed by atoms with Crippen molar-refractivity contribution in [3.63, 3.8) is 0 Å². The zero-order valence-electron chi connectivity index (χ0n) is 9.61. The second-order valence-electron chi connectivity index (χ2n) is 3.92. The Bertz CT molecular complexity index is 374. The number of rotatable bonds is 4. The number of likely N-dealkylation sites (N-methyl/N-ethyl adjacent to an activating group) is 1. The van der Waals surface area contributed by atoms with Crippen molar-refractivity contribution in [3.8, 4) is 0 Å². The monoisotopic (exact) mass is 250 g/mol. The number of alkyl halides is 3. The van der Waals surface area contributed by atoms with Gasteiger partial charge in [0, 0.05) is 18.8 Å². The van der Waals surface area contributed by atoms with Gasteiger partial charge < -0.3 is 10.2 Å². The molecule has 0 aliphatic carbocycles. The van der Waals surface area contributed by atoms with Crippen LogP contribution in [-0.4, -0.2) is 32.1 Å². The van der Waals surface area contributed by atoms with E-state index in [4.69, 9.17) is 0 Å². The van der Waals surface area contributed by atoms with E-state index in [9.17, 15) is 17.6 Å².